The van der Waals surface area contributed by atoms with Crippen LogP contribution < -0.4 is 4.74 Å². The van der Waals surface area contributed by atoms with E-state index < -0.39 is 5.92 Å². The van der Waals surface area contributed by atoms with Gasteiger partial charge in [-0.2, -0.15) is 5.26 Å². The summed E-state index contributed by atoms with van der Waals surface area (Å²) >= 11 is 3.56. The smallest absolute Gasteiger partial charge is 0.243 e. The molecule has 0 spiro atoms. The first-order valence-corrected chi connectivity index (χ1v) is 7.94. The van der Waals surface area contributed by atoms with E-state index in [-0.39, 0.29) is 11.8 Å². The van der Waals surface area contributed by atoms with Crippen molar-refractivity contribution in [2.75, 3.05) is 0 Å². The van der Waals surface area contributed by atoms with Gasteiger partial charge in [-0.25, -0.2) is 0 Å². The molecule has 2 unspecified atom stereocenters. The standard InChI is InChI=1S/C16H15BrN4O/c1-2-5-12-14-13(9-6-3-4-7-11(9)17)10(8-18)15(19)22-16(14)21-20-12/h3-4,6-7,10,13,19H,2,5H2,1H3,(H,20,21). The van der Waals surface area contributed by atoms with Gasteiger partial charge < -0.3 is 4.74 Å². The third-order valence-electron chi connectivity index (χ3n) is 3.86. The second-order valence-corrected chi connectivity index (χ2v) is 6.10. The van der Waals surface area contributed by atoms with E-state index in [2.05, 4.69) is 39.1 Å². The van der Waals surface area contributed by atoms with Crippen LogP contribution >= 0.6 is 15.9 Å². The number of rotatable bonds is 3. The van der Waals surface area contributed by atoms with Gasteiger partial charge in [-0.15, -0.1) is 5.10 Å². The summed E-state index contributed by atoms with van der Waals surface area (Å²) in [6.45, 7) is 2.09. The van der Waals surface area contributed by atoms with Crippen molar-refractivity contribution in [3.63, 3.8) is 0 Å². The van der Waals surface area contributed by atoms with E-state index in [0.717, 1.165) is 34.1 Å². The molecule has 2 heterocycles. The molecule has 6 heteroatoms. The minimum atomic E-state index is -0.653. The predicted molar refractivity (Wildman–Crippen MR) is 86.0 cm³/mol. The van der Waals surface area contributed by atoms with Gasteiger partial charge in [0.05, 0.1) is 6.07 Å². The topological polar surface area (TPSA) is 85.5 Å². The molecule has 5 nitrogen and oxygen atoms in total. The number of fused-ring (bicyclic) bond motifs is 1. The molecule has 1 aromatic carbocycles. The highest BCUT2D eigenvalue weighted by molar-refractivity contribution is 9.10. The normalized spacial score (nSPS) is 20.1. The van der Waals surface area contributed by atoms with Crippen LogP contribution in [0.1, 0.15) is 36.1 Å². The third kappa shape index (κ3) is 2.32. The number of aromatic amines is 1. The molecule has 112 valence electrons. The number of H-pyrrole nitrogens is 1. The predicted octanol–water partition coefficient (Wildman–Crippen LogP) is 3.77. The van der Waals surface area contributed by atoms with Gasteiger partial charge in [-0.1, -0.05) is 47.5 Å². The molecule has 0 bridgehead atoms. The number of hydrogen-bond acceptors (Lipinski definition) is 4. The zero-order valence-corrected chi connectivity index (χ0v) is 13.6. The number of nitrogens with one attached hydrogen (secondary N) is 2. The summed E-state index contributed by atoms with van der Waals surface area (Å²) < 4.78 is 6.38. The molecule has 0 radical (unpaired) electrons. The van der Waals surface area contributed by atoms with Gasteiger partial charge in [0.2, 0.25) is 11.8 Å². The summed E-state index contributed by atoms with van der Waals surface area (Å²) in [5.74, 6) is -0.539. The molecule has 3 rings (SSSR count). The van der Waals surface area contributed by atoms with Crippen molar-refractivity contribution in [3.05, 3.63) is 45.6 Å². The monoisotopic (exact) mass is 358 g/mol. The van der Waals surface area contributed by atoms with Gasteiger partial charge in [0, 0.05) is 21.6 Å². The van der Waals surface area contributed by atoms with Crippen molar-refractivity contribution >= 4 is 21.8 Å². The maximum atomic E-state index is 9.55. The lowest BCUT2D eigenvalue weighted by Crippen LogP contribution is -2.31. The van der Waals surface area contributed by atoms with Crippen LogP contribution in [0.5, 0.6) is 5.88 Å². The third-order valence-corrected chi connectivity index (χ3v) is 4.58. The lowest BCUT2D eigenvalue weighted by Gasteiger charge is -2.28. The molecule has 0 aliphatic carbocycles. The van der Waals surface area contributed by atoms with E-state index in [9.17, 15) is 5.26 Å². The van der Waals surface area contributed by atoms with Crippen LogP contribution in [0, 0.1) is 22.7 Å². The molecule has 2 atom stereocenters. The Balaban J connectivity index is 2.21. The highest BCUT2D eigenvalue weighted by atomic mass is 79.9. The van der Waals surface area contributed by atoms with Crippen LogP contribution in [-0.2, 0) is 6.42 Å². The molecular formula is C16H15BrN4O. The van der Waals surface area contributed by atoms with Crippen LogP contribution in [0.3, 0.4) is 0 Å². The number of hydrogen-bond donors (Lipinski definition) is 2. The van der Waals surface area contributed by atoms with Crippen molar-refractivity contribution in [1.29, 1.82) is 10.7 Å². The fourth-order valence-electron chi connectivity index (χ4n) is 2.89. The van der Waals surface area contributed by atoms with E-state index >= 15 is 0 Å². The van der Waals surface area contributed by atoms with Crippen LogP contribution in [-0.4, -0.2) is 16.1 Å². The molecule has 22 heavy (non-hydrogen) atoms. The summed E-state index contributed by atoms with van der Waals surface area (Å²) in [7, 11) is 0. The summed E-state index contributed by atoms with van der Waals surface area (Å²) in [5, 5.41) is 24.8. The Morgan fingerprint density at radius 1 is 1.45 bits per heavy atom. The molecule has 1 aromatic heterocycles. The van der Waals surface area contributed by atoms with Crippen LogP contribution in [0.2, 0.25) is 0 Å². The van der Waals surface area contributed by atoms with E-state index in [1.54, 1.807) is 0 Å². The molecular weight excluding hydrogens is 344 g/mol. The van der Waals surface area contributed by atoms with Crippen LogP contribution in [0.25, 0.3) is 0 Å². The summed E-state index contributed by atoms with van der Waals surface area (Å²) in [6, 6.07) is 10.0. The SMILES string of the molecule is CCCc1[nH]nc2c1C(c1ccccc1Br)C(C#N)C(=N)O2. The number of nitrogens with zero attached hydrogens (tertiary/aromatic N) is 2. The van der Waals surface area contributed by atoms with Gasteiger partial charge in [0.15, 0.2) is 0 Å². The highest BCUT2D eigenvalue weighted by Crippen LogP contribution is 2.44. The van der Waals surface area contributed by atoms with Crippen molar-refractivity contribution in [2.24, 2.45) is 5.92 Å². The average molecular weight is 359 g/mol. The maximum Gasteiger partial charge on any atom is 0.243 e. The number of ether oxygens (including phenoxy) is 1. The molecule has 1 aliphatic heterocycles. The maximum absolute atomic E-state index is 9.55. The Kier molecular flexibility index (Phi) is 3.99. The molecule has 1 aliphatic rings. The first-order valence-electron chi connectivity index (χ1n) is 7.14. The van der Waals surface area contributed by atoms with Crippen molar-refractivity contribution in [1.82, 2.24) is 10.2 Å². The van der Waals surface area contributed by atoms with Crippen molar-refractivity contribution in [3.8, 4) is 11.9 Å². The van der Waals surface area contributed by atoms with E-state index in [4.69, 9.17) is 10.1 Å². The number of nitriles is 1. The summed E-state index contributed by atoms with van der Waals surface area (Å²) in [6.07, 6.45) is 1.80. The van der Waals surface area contributed by atoms with Crippen LogP contribution in [0.15, 0.2) is 28.7 Å². The Morgan fingerprint density at radius 2 is 2.23 bits per heavy atom. The van der Waals surface area contributed by atoms with Gasteiger partial charge in [-0.3, -0.25) is 10.5 Å². The number of halogens is 1. The number of aromatic nitrogens is 2. The fraction of sp³-hybridized carbons (Fsp3) is 0.312. The minimum Gasteiger partial charge on any atom is -0.422 e. The Hall–Kier alpha value is -2.13. The van der Waals surface area contributed by atoms with Gasteiger partial charge in [-0.05, 0) is 18.1 Å². The average Bonchev–Trinajstić information content (AvgIpc) is 2.89. The first-order chi connectivity index (χ1) is 10.7. The largest absolute Gasteiger partial charge is 0.422 e. The second-order valence-electron chi connectivity index (χ2n) is 5.24. The first kappa shape index (κ1) is 14.8. The van der Waals surface area contributed by atoms with E-state index in [1.807, 2.05) is 24.3 Å². The number of aryl methyl sites for hydroxylation is 1. The molecule has 0 saturated heterocycles. The van der Waals surface area contributed by atoms with Crippen LogP contribution in [0.4, 0.5) is 0 Å². The quantitative estimate of drug-likeness (QED) is 0.875. The highest BCUT2D eigenvalue weighted by Gasteiger charge is 2.40. The molecule has 0 fully saturated rings. The van der Waals surface area contributed by atoms with Crippen molar-refractivity contribution < 1.29 is 4.74 Å². The minimum absolute atomic E-state index is 0.0506. The molecule has 0 saturated carbocycles. The molecule has 0 amide bonds. The Labute approximate surface area is 136 Å². The Morgan fingerprint density at radius 3 is 2.91 bits per heavy atom. The lowest BCUT2D eigenvalue weighted by molar-refractivity contribution is 0.436. The van der Waals surface area contributed by atoms with Crippen molar-refractivity contribution in [2.45, 2.75) is 25.7 Å². The zero-order valence-electron chi connectivity index (χ0n) is 12.1. The summed E-state index contributed by atoms with van der Waals surface area (Å²) in [5.41, 5.74) is 2.85. The fourth-order valence-corrected chi connectivity index (χ4v) is 3.42. The van der Waals surface area contributed by atoms with Gasteiger partial charge in [0.25, 0.3) is 0 Å². The molecule has 2 aromatic rings. The second kappa shape index (κ2) is 5.93. The van der Waals surface area contributed by atoms with E-state index in [0.29, 0.717) is 5.88 Å². The van der Waals surface area contributed by atoms with Gasteiger partial charge >= 0.3 is 0 Å². The summed E-state index contributed by atoms with van der Waals surface area (Å²) in [4.78, 5) is 0. The van der Waals surface area contributed by atoms with E-state index in [1.165, 1.54) is 0 Å². The molecule has 2 N–H and O–H groups in total. The zero-order chi connectivity index (χ0) is 15.7. The number of benzene rings is 1. The van der Waals surface area contributed by atoms with Gasteiger partial charge in [0.1, 0.15) is 5.92 Å². The Bertz CT molecular complexity index is 762. The lowest BCUT2D eigenvalue weighted by atomic mass is 9.79.